The molecular weight excluding hydrogens is 305 g/mol. The highest BCUT2D eigenvalue weighted by atomic mass is 35.5. The van der Waals surface area contributed by atoms with Gasteiger partial charge in [0.15, 0.2) is 0 Å². The lowest BCUT2D eigenvalue weighted by molar-refractivity contribution is 0.414. The Morgan fingerprint density at radius 1 is 1.10 bits per heavy atom. The van der Waals surface area contributed by atoms with Gasteiger partial charge in [0.2, 0.25) is 0 Å². The number of hydrogen-bond donors (Lipinski definition) is 1. The van der Waals surface area contributed by atoms with E-state index in [0.29, 0.717) is 5.02 Å². The van der Waals surface area contributed by atoms with Crippen molar-refractivity contribution in [3.8, 4) is 5.75 Å². The van der Waals surface area contributed by atoms with Gasteiger partial charge < -0.3 is 10.1 Å². The Hall–Kier alpha value is -1.22. The van der Waals surface area contributed by atoms with Gasteiger partial charge in [-0.15, -0.1) is 0 Å². The number of halogens is 2. The number of benzene rings is 2. The smallest absolute Gasteiger partial charge is 0.120 e. The first kappa shape index (κ1) is 16.2. The molecule has 2 nitrogen and oxygen atoms in total. The first-order valence-electron chi connectivity index (χ1n) is 6.89. The Bertz CT molecular complexity index is 628. The van der Waals surface area contributed by atoms with Crippen molar-refractivity contribution < 1.29 is 4.74 Å². The number of rotatable bonds is 5. The van der Waals surface area contributed by atoms with E-state index in [9.17, 15) is 0 Å². The minimum absolute atomic E-state index is 0.0330. The summed E-state index contributed by atoms with van der Waals surface area (Å²) in [4.78, 5) is 0. The molecule has 1 N–H and O–H groups in total. The summed E-state index contributed by atoms with van der Waals surface area (Å²) in [5, 5.41) is 4.92. The van der Waals surface area contributed by atoms with Crippen molar-refractivity contribution >= 4 is 23.2 Å². The second-order valence-corrected chi connectivity index (χ2v) is 5.72. The van der Waals surface area contributed by atoms with Crippen LogP contribution in [0.4, 0.5) is 0 Å². The molecule has 0 fully saturated rings. The molecule has 0 aliphatic rings. The lowest BCUT2D eigenvalue weighted by Crippen LogP contribution is -2.23. The molecule has 0 aromatic heterocycles. The van der Waals surface area contributed by atoms with Gasteiger partial charge in [0.1, 0.15) is 5.75 Å². The van der Waals surface area contributed by atoms with Crippen molar-refractivity contribution in [1.82, 2.24) is 5.32 Å². The van der Waals surface area contributed by atoms with E-state index in [0.717, 1.165) is 28.4 Å². The Balaban J connectivity index is 2.48. The minimum Gasteiger partial charge on any atom is -0.497 e. The third-order valence-corrected chi connectivity index (χ3v) is 4.03. The van der Waals surface area contributed by atoms with E-state index in [1.165, 1.54) is 5.56 Å². The maximum atomic E-state index is 6.43. The minimum atomic E-state index is 0.0330. The number of hydrogen-bond acceptors (Lipinski definition) is 2. The van der Waals surface area contributed by atoms with Crippen LogP contribution in [-0.4, -0.2) is 13.7 Å². The zero-order valence-electron chi connectivity index (χ0n) is 12.4. The van der Waals surface area contributed by atoms with Gasteiger partial charge in [-0.25, -0.2) is 0 Å². The van der Waals surface area contributed by atoms with Crippen LogP contribution in [0.3, 0.4) is 0 Å². The van der Waals surface area contributed by atoms with Crippen molar-refractivity contribution in [3.63, 3.8) is 0 Å². The summed E-state index contributed by atoms with van der Waals surface area (Å²) in [5.41, 5.74) is 3.35. The summed E-state index contributed by atoms with van der Waals surface area (Å²) in [6, 6.07) is 11.7. The first-order valence-corrected chi connectivity index (χ1v) is 7.65. The summed E-state index contributed by atoms with van der Waals surface area (Å²) in [6.45, 7) is 4.98. The first-order chi connectivity index (χ1) is 10.1. The van der Waals surface area contributed by atoms with Crippen molar-refractivity contribution in [1.29, 1.82) is 0 Å². The molecule has 0 radical (unpaired) electrons. The fourth-order valence-electron chi connectivity index (χ4n) is 2.42. The van der Waals surface area contributed by atoms with Crippen LogP contribution in [0.2, 0.25) is 10.0 Å². The lowest BCUT2D eigenvalue weighted by Gasteiger charge is -2.22. The molecule has 2 aromatic carbocycles. The third kappa shape index (κ3) is 3.70. The number of aryl methyl sites for hydroxylation is 1. The molecule has 0 saturated carbocycles. The molecule has 1 atom stereocenters. The molecule has 0 heterocycles. The number of methoxy groups -OCH3 is 1. The van der Waals surface area contributed by atoms with Crippen LogP contribution in [0.1, 0.15) is 29.7 Å². The van der Waals surface area contributed by atoms with Crippen LogP contribution < -0.4 is 10.1 Å². The Kier molecular flexibility index (Phi) is 5.51. The summed E-state index contributed by atoms with van der Waals surface area (Å²) in [5.74, 6) is 0.756. The van der Waals surface area contributed by atoms with Crippen molar-refractivity contribution in [3.05, 3.63) is 63.1 Å². The Morgan fingerprint density at radius 2 is 1.81 bits per heavy atom. The molecule has 2 aromatic rings. The molecular formula is C17H19Cl2NO. The molecule has 0 spiro atoms. The predicted octanol–water partition coefficient (Wildman–Crippen LogP) is 5.01. The van der Waals surface area contributed by atoms with E-state index in [1.54, 1.807) is 7.11 Å². The van der Waals surface area contributed by atoms with Gasteiger partial charge in [-0.05, 0) is 54.4 Å². The molecule has 2 rings (SSSR count). The molecule has 0 saturated heterocycles. The van der Waals surface area contributed by atoms with Gasteiger partial charge in [0.25, 0.3) is 0 Å². The predicted molar refractivity (Wildman–Crippen MR) is 89.7 cm³/mol. The van der Waals surface area contributed by atoms with Gasteiger partial charge in [0.05, 0.1) is 13.2 Å². The quantitative estimate of drug-likeness (QED) is 0.835. The third-order valence-electron chi connectivity index (χ3n) is 3.47. The van der Waals surface area contributed by atoms with Gasteiger partial charge in [0, 0.05) is 10.0 Å². The Morgan fingerprint density at radius 3 is 2.38 bits per heavy atom. The Labute approximate surface area is 136 Å². The summed E-state index contributed by atoms with van der Waals surface area (Å²) < 4.78 is 5.21. The van der Waals surface area contributed by atoms with Crippen LogP contribution >= 0.6 is 23.2 Å². The largest absolute Gasteiger partial charge is 0.497 e. The van der Waals surface area contributed by atoms with Gasteiger partial charge in [-0.1, -0.05) is 42.3 Å². The normalized spacial score (nSPS) is 12.2. The second-order valence-electron chi connectivity index (χ2n) is 4.88. The zero-order valence-corrected chi connectivity index (χ0v) is 13.9. The molecule has 1 unspecified atom stereocenters. The molecule has 112 valence electrons. The summed E-state index contributed by atoms with van der Waals surface area (Å²) in [6.07, 6.45) is 0. The highest BCUT2D eigenvalue weighted by molar-refractivity contribution is 6.31. The van der Waals surface area contributed by atoms with Crippen molar-refractivity contribution in [2.45, 2.75) is 19.9 Å². The highest BCUT2D eigenvalue weighted by Gasteiger charge is 2.18. The fourth-order valence-corrected chi connectivity index (χ4v) is 2.93. The molecule has 0 aliphatic carbocycles. The maximum Gasteiger partial charge on any atom is 0.120 e. The van der Waals surface area contributed by atoms with Gasteiger partial charge >= 0.3 is 0 Å². The fraction of sp³-hybridized carbons (Fsp3) is 0.294. The lowest BCUT2D eigenvalue weighted by atomic mass is 9.95. The average molecular weight is 324 g/mol. The van der Waals surface area contributed by atoms with E-state index in [2.05, 4.69) is 19.2 Å². The van der Waals surface area contributed by atoms with Crippen LogP contribution in [0.25, 0.3) is 0 Å². The topological polar surface area (TPSA) is 21.3 Å². The molecule has 0 bridgehead atoms. The van der Waals surface area contributed by atoms with Crippen LogP contribution in [0, 0.1) is 6.92 Å². The second kappa shape index (κ2) is 7.17. The molecule has 0 amide bonds. The maximum absolute atomic E-state index is 6.43. The van der Waals surface area contributed by atoms with E-state index >= 15 is 0 Å². The highest BCUT2D eigenvalue weighted by Crippen LogP contribution is 2.33. The standard InChI is InChI=1S/C17H19Cl2NO/c1-4-20-17(14-7-5-12(18)9-11(14)2)15-8-6-13(21-3)10-16(15)19/h5-10,17,20H,4H2,1-3H3. The molecule has 0 aliphatic heterocycles. The van der Waals surface area contributed by atoms with E-state index in [4.69, 9.17) is 27.9 Å². The van der Waals surface area contributed by atoms with Crippen molar-refractivity contribution in [2.24, 2.45) is 0 Å². The van der Waals surface area contributed by atoms with Crippen LogP contribution in [0.5, 0.6) is 5.75 Å². The van der Waals surface area contributed by atoms with Gasteiger partial charge in [-0.2, -0.15) is 0 Å². The van der Waals surface area contributed by atoms with E-state index in [1.807, 2.05) is 36.4 Å². The van der Waals surface area contributed by atoms with E-state index in [-0.39, 0.29) is 6.04 Å². The summed E-state index contributed by atoms with van der Waals surface area (Å²) in [7, 11) is 1.64. The van der Waals surface area contributed by atoms with Gasteiger partial charge in [-0.3, -0.25) is 0 Å². The molecule has 21 heavy (non-hydrogen) atoms. The average Bonchev–Trinajstić information content (AvgIpc) is 2.46. The number of nitrogens with one attached hydrogen (secondary N) is 1. The van der Waals surface area contributed by atoms with Crippen LogP contribution in [-0.2, 0) is 0 Å². The summed E-state index contributed by atoms with van der Waals surface area (Å²) >= 11 is 12.5. The SMILES string of the molecule is CCNC(c1ccc(Cl)cc1C)c1ccc(OC)cc1Cl. The number of ether oxygens (including phenoxy) is 1. The molecule has 4 heteroatoms. The monoisotopic (exact) mass is 323 g/mol. The van der Waals surface area contributed by atoms with E-state index < -0.39 is 0 Å². The zero-order chi connectivity index (χ0) is 15.4. The van der Waals surface area contributed by atoms with Crippen molar-refractivity contribution in [2.75, 3.05) is 13.7 Å². The van der Waals surface area contributed by atoms with Crippen LogP contribution in [0.15, 0.2) is 36.4 Å².